The average Bonchev–Trinajstić information content (AvgIpc) is 0.811. The number of hydrogen-bond donors (Lipinski definition) is 2. The molecular formula is H4NaO4P. The minimum atomic E-state index is -3.13. The van der Waals surface area contributed by atoms with Gasteiger partial charge in [0.1, 0.15) is 0 Å². The van der Waals surface area contributed by atoms with Gasteiger partial charge in [-0.15, -0.1) is 0 Å². The molecule has 4 nitrogen and oxygen atoms in total. The van der Waals surface area contributed by atoms with Crippen LogP contribution in [0.2, 0.25) is 0 Å². The van der Waals surface area contributed by atoms with Crippen LogP contribution in [0.25, 0.3) is 0 Å². The van der Waals surface area contributed by atoms with Crippen molar-refractivity contribution in [2.75, 3.05) is 0 Å². The van der Waals surface area contributed by atoms with E-state index in [2.05, 4.69) is 0 Å². The van der Waals surface area contributed by atoms with E-state index in [9.17, 15) is 0 Å². The first-order valence-corrected chi connectivity index (χ1v) is 1.95. The van der Waals surface area contributed by atoms with Crippen LogP contribution in [-0.4, -0.2) is 15.3 Å². The fraction of sp³-hybridized carbons (Fsp3) is 0. The van der Waals surface area contributed by atoms with Gasteiger partial charge in [-0.2, -0.15) is 0 Å². The first kappa shape index (κ1) is 15.7. The molecule has 6 heteroatoms. The van der Waals surface area contributed by atoms with Gasteiger partial charge in [0, 0.05) is 0 Å². The summed E-state index contributed by atoms with van der Waals surface area (Å²) in [6, 6.07) is 0. The molecule has 34 valence electrons. The van der Waals surface area contributed by atoms with Crippen molar-refractivity contribution in [1.82, 2.24) is 0 Å². The average molecular weight is 122 g/mol. The van der Waals surface area contributed by atoms with Crippen LogP contribution < -0.4 is 29.6 Å². The second-order valence-corrected chi connectivity index (χ2v) is 0.848. The second kappa shape index (κ2) is 9.44. The minimum absolute atomic E-state index is 0. The van der Waals surface area contributed by atoms with Crippen molar-refractivity contribution in [3.05, 3.63) is 0 Å². The van der Waals surface area contributed by atoms with Gasteiger partial charge in [0.25, 0.3) is 0 Å². The standard InChI is InChI=1S/Na.H3O3P.H2O/c;1-4(2)3;/h;4H,(H2,1,2,3);1H2/q+1;;/p-1. The Balaban J connectivity index is -0.0000000450. The Labute approximate surface area is 57.7 Å². The molecule has 0 aliphatic rings. The molecular weight excluding hydrogens is 118 g/mol. The molecule has 0 rings (SSSR count). The van der Waals surface area contributed by atoms with E-state index in [0.29, 0.717) is 0 Å². The normalized spacial score (nSPS) is 5.83. The van der Waals surface area contributed by atoms with Crippen molar-refractivity contribution >= 4 is 8.25 Å². The molecule has 0 heterocycles. The molecule has 0 saturated heterocycles. The first-order chi connectivity index (χ1) is 1.73. The van der Waals surface area contributed by atoms with Crippen LogP contribution in [0.1, 0.15) is 0 Å². The maximum Gasteiger partial charge on any atom is 1.00 e. The molecule has 0 fully saturated rings. The monoisotopic (exact) mass is 122 g/mol. The summed E-state index contributed by atoms with van der Waals surface area (Å²) in [4.78, 5) is 14.3. The summed E-state index contributed by atoms with van der Waals surface area (Å²) < 4.78 is 8.74. The van der Waals surface area contributed by atoms with E-state index in [1.54, 1.807) is 0 Å². The van der Waals surface area contributed by atoms with E-state index in [4.69, 9.17) is 14.4 Å². The van der Waals surface area contributed by atoms with Crippen LogP contribution in [0.5, 0.6) is 0 Å². The van der Waals surface area contributed by atoms with Crippen LogP contribution in [0, 0.1) is 0 Å². The van der Waals surface area contributed by atoms with Crippen LogP contribution >= 0.6 is 8.25 Å². The molecule has 0 aromatic heterocycles. The van der Waals surface area contributed by atoms with Crippen LogP contribution in [0.3, 0.4) is 0 Å². The molecule has 0 aromatic carbocycles. The fourth-order valence-electron chi connectivity index (χ4n) is 0. The summed E-state index contributed by atoms with van der Waals surface area (Å²) in [5, 5.41) is 0. The van der Waals surface area contributed by atoms with Crippen molar-refractivity contribution in [3.63, 3.8) is 0 Å². The molecule has 0 radical (unpaired) electrons. The van der Waals surface area contributed by atoms with Gasteiger partial charge in [-0.3, -0.25) is 4.57 Å². The van der Waals surface area contributed by atoms with Crippen LogP contribution in [0.15, 0.2) is 0 Å². The van der Waals surface area contributed by atoms with Gasteiger partial charge in [0.15, 0.2) is 0 Å². The zero-order chi connectivity index (χ0) is 3.58. The van der Waals surface area contributed by atoms with Crippen molar-refractivity contribution < 1.29 is 49.4 Å². The van der Waals surface area contributed by atoms with Gasteiger partial charge in [0.2, 0.25) is 0 Å². The Morgan fingerprint density at radius 1 is 1.33 bits per heavy atom. The van der Waals surface area contributed by atoms with Gasteiger partial charge in [-0.1, -0.05) is 0 Å². The van der Waals surface area contributed by atoms with E-state index in [0.717, 1.165) is 0 Å². The molecule has 0 unspecified atom stereocenters. The van der Waals surface area contributed by atoms with E-state index in [-0.39, 0.29) is 35.0 Å². The first-order valence-electron chi connectivity index (χ1n) is 0.651. The number of hydrogen-bond acceptors (Lipinski definition) is 2. The summed E-state index contributed by atoms with van der Waals surface area (Å²) >= 11 is 0. The van der Waals surface area contributed by atoms with Crippen LogP contribution in [0.4, 0.5) is 0 Å². The third-order valence-electron chi connectivity index (χ3n) is 0. The number of rotatable bonds is 0. The van der Waals surface area contributed by atoms with Crippen molar-refractivity contribution in [2.45, 2.75) is 0 Å². The molecule has 0 spiro atoms. The maximum absolute atomic E-state index is 8.74. The Bertz CT molecular complexity index is 30.5. The predicted octanol–water partition coefficient (Wildman–Crippen LogP) is -3.81. The largest absolute Gasteiger partial charge is 1.00 e. The van der Waals surface area contributed by atoms with E-state index < -0.39 is 8.25 Å². The second-order valence-electron chi connectivity index (χ2n) is 0.283. The van der Waals surface area contributed by atoms with E-state index >= 15 is 0 Å². The third kappa shape index (κ3) is 70.1. The van der Waals surface area contributed by atoms with Gasteiger partial charge >= 0.3 is 37.8 Å². The topological polar surface area (TPSA) is 87.5 Å². The Kier molecular flexibility index (Phi) is 24.7. The molecule has 0 aromatic rings. The summed E-state index contributed by atoms with van der Waals surface area (Å²) in [6.45, 7) is 0. The molecule has 0 bridgehead atoms. The van der Waals surface area contributed by atoms with Crippen molar-refractivity contribution in [1.29, 1.82) is 0 Å². The molecule has 6 heavy (non-hydrogen) atoms. The van der Waals surface area contributed by atoms with Gasteiger partial charge in [0.05, 0.1) is 0 Å². The third-order valence-corrected chi connectivity index (χ3v) is 0. The van der Waals surface area contributed by atoms with Gasteiger partial charge < -0.3 is 15.3 Å². The zero-order valence-corrected chi connectivity index (χ0v) is 6.25. The van der Waals surface area contributed by atoms with Crippen LogP contribution in [-0.2, 0) is 4.57 Å². The summed E-state index contributed by atoms with van der Waals surface area (Å²) in [7, 11) is -3.13. The SMILES string of the molecule is O=[PH](O)O.[Na+].[OH-]. The predicted molar refractivity (Wildman–Crippen MR) is 15.4 cm³/mol. The Hall–Kier alpha value is 1.11. The minimum Gasteiger partial charge on any atom is -0.870 e. The molecule has 0 aliphatic heterocycles. The summed E-state index contributed by atoms with van der Waals surface area (Å²) in [5.74, 6) is 0. The Morgan fingerprint density at radius 3 is 1.33 bits per heavy atom. The van der Waals surface area contributed by atoms with E-state index in [1.807, 2.05) is 0 Å². The molecule has 0 atom stereocenters. The fourth-order valence-corrected chi connectivity index (χ4v) is 0. The molecule has 0 aliphatic carbocycles. The van der Waals surface area contributed by atoms with Gasteiger partial charge in [-0.25, -0.2) is 0 Å². The Morgan fingerprint density at radius 2 is 1.33 bits per heavy atom. The van der Waals surface area contributed by atoms with Gasteiger partial charge in [-0.05, 0) is 0 Å². The zero-order valence-electron chi connectivity index (χ0n) is 3.25. The molecule has 0 saturated carbocycles. The quantitative estimate of drug-likeness (QED) is 0.254. The van der Waals surface area contributed by atoms with Crippen molar-refractivity contribution in [3.8, 4) is 0 Å². The molecule has 3 N–H and O–H groups in total. The van der Waals surface area contributed by atoms with Crippen molar-refractivity contribution in [2.24, 2.45) is 0 Å². The summed E-state index contributed by atoms with van der Waals surface area (Å²) in [5.41, 5.74) is 0. The maximum atomic E-state index is 8.74. The van der Waals surface area contributed by atoms with E-state index in [1.165, 1.54) is 0 Å². The smallest absolute Gasteiger partial charge is 0.870 e. The molecule has 0 amide bonds. The summed E-state index contributed by atoms with van der Waals surface area (Å²) in [6.07, 6.45) is 0.